The molecule has 2 aromatic heterocycles. The van der Waals surface area contributed by atoms with E-state index in [1.807, 2.05) is 24.4 Å². The predicted molar refractivity (Wildman–Crippen MR) is 133 cm³/mol. The average Bonchev–Trinajstić information content (AvgIpc) is 3.41. The number of thiocarbonyl (C=S) groups is 1. The van der Waals surface area contributed by atoms with Crippen LogP contribution in [0.1, 0.15) is 29.0 Å². The second kappa shape index (κ2) is 8.29. The zero-order valence-corrected chi connectivity index (χ0v) is 19.3. The summed E-state index contributed by atoms with van der Waals surface area (Å²) in [5.74, 6) is 0. The number of anilines is 1. The summed E-state index contributed by atoms with van der Waals surface area (Å²) in [5, 5.41) is 4.24. The molecule has 3 heterocycles. The Kier molecular flexibility index (Phi) is 5.34. The molecule has 1 aliphatic heterocycles. The highest BCUT2D eigenvalue weighted by molar-refractivity contribution is 9.10. The topological polar surface area (TPSA) is 33.1 Å². The van der Waals surface area contributed by atoms with Crippen molar-refractivity contribution in [3.63, 3.8) is 0 Å². The van der Waals surface area contributed by atoms with Crippen LogP contribution in [0.5, 0.6) is 0 Å². The van der Waals surface area contributed by atoms with E-state index in [4.69, 9.17) is 12.2 Å². The molecular weight excluding hydrogens is 468 g/mol. The zero-order chi connectivity index (χ0) is 21.4. The van der Waals surface area contributed by atoms with E-state index in [0.717, 1.165) is 27.2 Å². The second-order valence-corrected chi connectivity index (χ2v) is 8.81. The van der Waals surface area contributed by atoms with E-state index in [9.17, 15) is 0 Å². The molecule has 1 saturated heterocycles. The molecule has 0 spiro atoms. The number of aromatic nitrogens is 2. The number of rotatable bonds is 4. The molecule has 5 rings (SSSR count). The normalized spacial score (nSPS) is 18.3. The van der Waals surface area contributed by atoms with Crippen LogP contribution < -0.4 is 10.2 Å². The van der Waals surface area contributed by atoms with Crippen molar-refractivity contribution >= 4 is 38.9 Å². The smallest absolute Gasteiger partial charge is 0.174 e. The van der Waals surface area contributed by atoms with Crippen LogP contribution in [0.15, 0.2) is 95.7 Å². The quantitative estimate of drug-likeness (QED) is 0.350. The minimum Gasteiger partial charge on any atom is -0.351 e. The van der Waals surface area contributed by atoms with Gasteiger partial charge in [0.15, 0.2) is 5.11 Å². The van der Waals surface area contributed by atoms with Crippen molar-refractivity contribution in [3.05, 3.63) is 113 Å². The van der Waals surface area contributed by atoms with Crippen LogP contribution in [-0.2, 0) is 0 Å². The molecule has 0 bridgehead atoms. The van der Waals surface area contributed by atoms with Gasteiger partial charge in [-0.1, -0.05) is 40.2 Å². The Hall–Kier alpha value is -2.96. The molecule has 154 valence electrons. The average molecular weight is 489 g/mol. The van der Waals surface area contributed by atoms with Crippen LogP contribution in [0, 0.1) is 6.92 Å². The highest BCUT2D eigenvalue weighted by atomic mass is 79.9. The van der Waals surface area contributed by atoms with E-state index in [1.54, 1.807) is 0 Å². The molecule has 0 radical (unpaired) electrons. The maximum atomic E-state index is 5.85. The molecule has 1 aliphatic rings. The standard InChI is InChI=1S/C25H21BrN4S/c1-17-16-19(12-13-20(17)26)30-24(23(28-25(30)31)21-10-5-6-14-27-21)22-11-7-15-29(22)18-8-3-2-4-9-18/h2-16,23-24H,1H3,(H,28,31)/t23-,24-/m1/s1. The van der Waals surface area contributed by atoms with Gasteiger partial charge in [0, 0.05) is 33.9 Å². The van der Waals surface area contributed by atoms with Gasteiger partial charge in [-0.15, -0.1) is 0 Å². The molecule has 2 aromatic carbocycles. The van der Waals surface area contributed by atoms with Crippen LogP contribution in [0.4, 0.5) is 5.69 Å². The van der Waals surface area contributed by atoms with Crippen molar-refractivity contribution in [2.24, 2.45) is 0 Å². The number of hydrogen-bond acceptors (Lipinski definition) is 2. The number of para-hydroxylation sites is 1. The van der Waals surface area contributed by atoms with Crippen molar-refractivity contribution < 1.29 is 0 Å². The van der Waals surface area contributed by atoms with E-state index in [2.05, 4.69) is 109 Å². The van der Waals surface area contributed by atoms with Crippen LogP contribution in [0.3, 0.4) is 0 Å². The Labute approximate surface area is 195 Å². The summed E-state index contributed by atoms with van der Waals surface area (Å²) in [5.41, 5.74) is 5.45. The zero-order valence-electron chi connectivity index (χ0n) is 16.9. The minimum absolute atomic E-state index is 0.0572. The Morgan fingerprint density at radius 2 is 1.74 bits per heavy atom. The summed E-state index contributed by atoms with van der Waals surface area (Å²) in [4.78, 5) is 6.86. The van der Waals surface area contributed by atoms with Crippen LogP contribution in [0.25, 0.3) is 5.69 Å². The summed E-state index contributed by atoms with van der Waals surface area (Å²) in [6.07, 6.45) is 3.94. The predicted octanol–water partition coefficient (Wildman–Crippen LogP) is 6.12. The molecule has 0 saturated carbocycles. The Bertz CT molecular complexity index is 1220. The lowest BCUT2D eigenvalue weighted by molar-refractivity contribution is 0.549. The molecule has 0 amide bonds. The van der Waals surface area contributed by atoms with Crippen LogP contribution >= 0.6 is 28.1 Å². The third kappa shape index (κ3) is 3.66. The molecule has 0 aliphatic carbocycles. The second-order valence-electron chi connectivity index (χ2n) is 7.57. The third-order valence-corrected chi connectivity index (χ3v) is 6.84. The highest BCUT2D eigenvalue weighted by Crippen LogP contribution is 2.42. The maximum absolute atomic E-state index is 5.85. The number of nitrogens with zero attached hydrogens (tertiary/aromatic N) is 3. The van der Waals surface area contributed by atoms with Gasteiger partial charge in [0.05, 0.1) is 11.7 Å². The molecule has 6 heteroatoms. The third-order valence-electron chi connectivity index (χ3n) is 5.64. The molecule has 4 nitrogen and oxygen atoms in total. The van der Waals surface area contributed by atoms with E-state index in [1.165, 1.54) is 5.56 Å². The van der Waals surface area contributed by atoms with Crippen molar-refractivity contribution in [3.8, 4) is 5.69 Å². The lowest BCUT2D eigenvalue weighted by Crippen LogP contribution is -2.30. The maximum Gasteiger partial charge on any atom is 0.174 e. The molecule has 4 aromatic rings. The first-order chi connectivity index (χ1) is 15.1. The monoisotopic (exact) mass is 488 g/mol. The van der Waals surface area contributed by atoms with Crippen molar-refractivity contribution in [1.82, 2.24) is 14.9 Å². The highest BCUT2D eigenvalue weighted by Gasteiger charge is 2.42. The van der Waals surface area contributed by atoms with Gasteiger partial charge in [0.25, 0.3) is 0 Å². The van der Waals surface area contributed by atoms with Gasteiger partial charge in [0.2, 0.25) is 0 Å². The fourth-order valence-corrected chi connectivity index (χ4v) is 4.76. The molecule has 1 fully saturated rings. The van der Waals surface area contributed by atoms with E-state index in [-0.39, 0.29) is 12.1 Å². The van der Waals surface area contributed by atoms with E-state index >= 15 is 0 Å². The van der Waals surface area contributed by atoms with Gasteiger partial charge in [-0.05, 0) is 79.3 Å². The SMILES string of the molecule is Cc1cc(N2C(=S)N[C@H](c3ccccn3)[C@H]2c2cccn2-c2ccccc2)ccc1Br. The first-order valence-corrected chi connectivity index (χ1v) is 11.3. The van der Waals surface area contributed by atoms with Gasteiger partial charge in [-0.2, -0.15) is 0 Å². The Morgan fingerprint density at radius 3 is 2.48 bits per heavy atom. The number of nitrogens with one attached hydrogen (secondary N) is 1. The van der Waals surface area contributed by atoms with Gasteiger partial charge in [-0.25, -0.2) is 0 Å². The van der Waals surface area contributed by atoms with Gasteiger partial charge in [-0.3, -0.25) is 4.98 Å². The summed E-state index contributed by atoms with van der Waals surface area (Å²) < 4.78 is 3.31. The van der Waals surface area contributed by atoms with Crippen LogP contribution in [0.2, 0.25) is 0 Å². The van der Waals surface area contributed by atoms with Gasteiger partial charge in [0.1, 0.15) is 6.04 Å². The molecule has 31 heavy (non-hydrogen) atoms. The Morgan fingerprint density at radius 1 is 0.935 bits per heavy atom. The van der Waals surface area contributed by atoms with Gasteiger partial charge >= 0.3 is 0 Å². The van der Waals surface area contributed by atoms with Crippen molar-refractivity contribution in [2.45, 2.75) is 19.0 Å². The first kappa shape index (κ1) is 20.0. The lowest BCUT2D eigenvalue weighted by Gasteiger charge is -2.29. The summed E-state index contributed by atoms with van der Waals surface area (Å²) in [6.45, 7) is 2.10. The number of halogens is 1. The molecule has 0 unspecified atom stereocenters. The first-order valence-electron chi connectivity index (χ1n) is 10.1. The van der Waals surface area contributed by atoms with Crippen molar-refractivity contribution in [2.75, 3.05) is 4.90 Å². The van der Waals surface area contributed by atoms with Gasteiger partial charge < -0.3 is 14.8 Å². The lowest BCUT2D eigenvalue weighted by atomic mass is 10.0. The fourth-order valence-electron chi connectivity index (χ4n) is 4.17. The molecule has 1 N–H and O–H groups in total. The van der Waals surface area contributed by atoms with Crippen molar-refractivity contribution in [1.29, 1.82) is 0 Å². The largest absolute Gasteiger partial charge is 0.351 e. The fraction of sp³-hybridized carbons (Fsp3) is 0.120. The van der Waals surface area contributed by atoms with Crippen LogP contribution in [-0.4, -0.2) is 14.7 Å². The van der Waals surface area contributed by atoms with E-state index < -0.39 is 0 Å². The Balaban J connectivity index is 1.68. The number of pyridine rings is 1. The minimum atomic E-state index is -0.0741. The number of hydrogen-bond donors (Lipinski definition) is 1. The summed E-state index contributed by atoms with van der Waals surface area (Å²) in [6, 6.07) is 26.9. The van der Waals surface area contributed by atoms with E-state index in [0.29, 0.717) is 5.11 Å². The summed E-state index contributed by atoms with van der Waals surface area (Å²) >= 11 is 9.47. The molecule has 2 atom stereocenters. The number of aryl methyl sites for hydroxylation is 1. The number of benzene rings is 2. The summed E-state index contributed by atoms with van der Waals surface area (Å²) in [7, 11) is 0. The molecular formula is C25H21BrN4S.